The number of anilines is 1. The van der Waals surface area contributed by atoms with E-state index in [9.17, 15) is 4.79 Å². The molecule has 3 rings (SSSR count). The summed E-state index contributed by atoms with van der Waals surface area (Å²) >= 11 is 0. The molecule has 1 amide bonds. The molecule has 1 aliphatic heterocycles. The van der Waals surface area contributed by atoms with Gasteiger partial charge in [-0.25, -0.2) is 15.0 Å². The van der Waals surface area contributed by atoms with Crippen LogP contribution in [0.3, 0.4) is 0 Å². The number of ether oxygens (including phenoxy) is 1. The standard InChI is InChI=1S/C15H22N6O2/c1-23-8-2-5-16-15(22)11-3-6-21(7-4-11)14-12-13(18-9-17-12)19-10-20-14/h9-11H,2-8H2,1H3,(H,16,22)(H,17,18,19,20). The van der Waals surface area contributed by atoms with Crippen molar-refractivity contribution in [1.29, 1.82) is 0 Å². The fourth-order valence-electron chi connectivity index (χ4n) is 2.92. The number of nitrogens with zero attached hydrogens (tertiary/aromatic N) is 4. The lowest BCUT2D eigenvalue weighted by atomic mass is 9.96. The van der Waals surface area contributed by atoms with Gasteiger partial charge in [-0.3, -0.25) is 4.79 Å². The van der Waals surface area contributed by atoms with Crippen molar-refractivity contribution >= 4 is 22.9 Å². The van der Waals surface area contributed by atoms with E-state index in [4.69, 9.17) is 4.74 Å². The van der Waals surface area contributed by atoms with Gasteiger partial charge in [0.05, 0.1) is 6.33 Å². The van der Waals surface area contributed by atoms with Gasteiger partial charge in [0.15, 0.2) is 11.5 Å². The van der Waals surface area contributed by atoms with Gasteiger partial charge in [-0.2, -0.15) is 0 Å². The lowest BCUT2D eigenvalue weighted by molar-refractivity contribution is -0.125. The van der Waals surface area contributed by atoms with Crippen LogP contribution in [0.1, 0.15) is 19.3 Å². The monoisotopic (exact) mass is 318 g/mol. The third kappa shape index (κ3) is 3.58. The number of carbonyl (C=O) groups is 1. The second kappa shape index (κ2) is 7.36. The van der Waals surface area contributed by atoms with E-state index < -0.39 is 0 Å². The quantitative estimate of drug-likeness (QED) is 0.762. The summed E-state index contributed by atoms with van der Waals surface area (Å²) in [5.41, 5.74) is 1.53. The van der Waals surface area contributed by atoms with Crippen LogP contribution in [0.2, 0.25) is 0 Å². The zero-order valence-corrected chi connectivity index (χ0v) is 13.3. The van der Waals surface area contributed by atoms with Crippen molar-refractivity contribution in [1.82, 2.24) is 25.3 Å². The van der Waals surface area contributed by atoms with E-state index in [0.29, 0.717) is 18.8 Å². The molecule has 1 fully saturated rings. The summed E-state index contributed by atoms with van der Waals surface area (Å²) in [5.74, 6) is 1.09. The number of methoxy groups -OCH3 is 1. The van der Waals surface area contributed by atoms with E-state index in [2.05, 4.69) is 30.2 Å². The van der Waals surface area contributed by atoms with Crippen LogP contribution in [0, 0.1) is 5.92 Å². The molecular formula is C15H22N6O2. The Morgan fingerprint density at radius 1 is 1.39 bits per heavy atom. The summed E-state index contributed by atoms with van der Waals surface area (Å²) in [7, 11) is 1.67. The molecule has 2 N–H and O–H groups in total. The van der Waals surface area contributed by atoms with Crippen molar-refractivity contribution in [3.8, 4) is 0 Å². The average molecular weight is 318 g/mol. The molecule has 2 aromatic rings. The van der Waals surface area contributed by atoms with Crippen LogP contribution in [-0.4, -0.2) is 59.2 Å². The molecule has 0 spiro atoms. The SMILES string of the molecule is COCCCNC(=O)C1CCN(c2ncnc3nc[nH]c23)CC1. The minimum atomic E-state index is 0.0767. The Bertz CT molecular complexity index is 650. The topological polar surface area (TPSA) is 96.0 Å². The molecule has 8 heteroatoms. The first-order valence-corrected chi connectivity index (χ1v) is 7.95. The first-order valence-electron chi connectivity index (χ1n) is 7.95. The molecule has 23 heavy (non-hydrogen) atoms. The van der Waals surface area contributed by atoms with Gasteiger partial charge in [-0.1, -0.05) is 0 Å². The number of aromatic nitrogens is 4. The molecule has 0 aliphatic carbocycles. The number of aromatic amines is 1. The van der Waals surface area contributed by atoms with Crippen LogP contribution in [0.15, 0.2) is 12.7 Å². The van der Waals surface area contributed by atoms with E-state index in [1.807, 2.05) is 0 Å². The Morgan fingerprint density at radius 3 is 3.00 bits per heavy atom. The number of piperidine rings is 1. The Hall–Kier alpha value is -2.22. The van der Waals surface area contributed by atoms with E-state index in [1.54, 1.807) is 13.4 Å². The van der Waals surface area contributed by atoms with Gasteiger partial charge < -0.3 is 19.9 Å². The maximum absolute atomic E-state index is 12.2. The number of hydrogen-bond acceptors (Lipinski definition) is 6. The fraction of sp³-hybridized carbons (Fsp3) is 0.600. The molecule has 0 bridgehead atoms. The first kappa shape index (κ1) is 15.7. The first-order chi connectivity index (χ1) is 11.3. The van der Waals surface area contributed by atoms with E-state index in [1.165, 1.54) is 6.33 Å². The fourth-order valence-corrected chi connectivity index (χ4v) is 2.92. The number of hydrogen-bond donors (Lipinski definition) is 2. The van der Waals surface area contributed by atoms with Crippen molar-refractivity contribution in [2.45, 2.75) is 19.3 Å². The molecular weight excluding hydrogens is 296 g/mol. The summed E-state index contributed by atoms with van der Waals surface area (Å²) in [5, 5.41) is 2.99. The largest absolute Gasteiger partial charge is 0.385 e. The van der Waals surface area contributed by atoms with Gasteiger partial charge in [0.25, 0.3) is 0 Å². The summed E-state index contributed by atoms with van der Waals surface area (Å²) in [6, 6.07) is 0. The van der Waals surface area contributed by atoms with Crippen LogP contribution < -0.4 is 10.2 Å². The Balaban J connectivity index is 1.54. The molecule has 0 unspecified atom stereocenters. The second-order valence-electron chi connectivity index (χ2n) is 5.70. The Labute approximate surface area is 134 Å². The van der Waals surface area contributed by atoms with E-state index in [0.717, 1.165) is 43.7 Å². The van der Waals surface area contributed by atoms with Gasteiger partial charge >= 0.3 is 0 Å². The highest BCUT2D eigenvalue weighted by Gasteiger charge is 2.26. The van der Waals surface area contributed by atoms with Crippen LogP contribution >= 0.6 is 0 Å². The van der Waals surface area contributed by atoms with Crippen molar-refractivity contribution in [2.75, 3.05) is 38.3 Å². The third-order valence-electron chi connectivity index (χ3n) is 4.19. The summed E-state index contributed by atoms with van der Waals surface area (Å²) in [6.45, 7) is 2.96. The third-order valence-corrected chi connectivity index (χ3v) is 4.19. The van der Waals surface area contributed by atoms with Crippen LogP contribution in [0.5, 0.6) is 0 Å². The second-order valence-corrected chi connectivity index (χ2v) is 5.70. The summed E-state index contributed by atoms with van der Waals surface area (Å²) in [4.78, 5) is 30.1. The van der Waals surface area contributed by atoms with Crippen LogP contribution in [-0.2, 0) is 9.53 Å². The smallest absolute Gasteiger partial charge is 0.223 e. The number of nitrogens with one attached hydrogen (secondary N) is 2. The number of amides is 1. The summed E-state index contributed by atoms with van der Waals surface area (Å²) < 4.78 is 4.98. The molecule has 0 atom stereocenters. The minimum Gasteiger partial charge on any atom is -0.385 e. The number of rotatable bonds is 6. The van der Waals surface area contributed by atoms with E-state index >= 15 is 0 Å². The number of fused-ring (bicyclic) bond motifs is 1. The van der Waals surface area contributed by atoms with Crippen molar-refractivity contribution in [2.24, 2.45) is 5.92 Å². The average Bonchev–Trinajstić information content (AvgIpc) is 3.07. The van der Waals surface area contributed by atoms with Crippen LogP contribution in [0.25, 0.3) is 11.2 Å². The van der Waals surface area contributed by atoms with Gasteiger partial charge in [-0.05, 0) is 19.3 Å². The van der Waals surface area contributed by atoms with Gasteiger partial charge in [0, 0.05) is 39.3 Å². The van der Waals surface area contributed by atoms with Crippen molar-refractivity contribution in [3.05, 3.63) is 12.7 Å². The molecule has 0 radical (unpaired) electrons. The summed E-state index contributed by atoms with van der Waals surface area (Å²) in [6.07, 6.45) is 5.67. The number of carbonyl (C=O) groups excluding carboxylic acids is 1. The van der Waals surface area contributed by atoms with Gasteiger partial charge in [0.2, 0.25) is 5.91 Å². The maximum Gasteiger partial charge on any atom is 0.223 e. The lowest BCUT2D eigenvalue weighted by Gasteiger charge is -2.32. The number of H-pyrrole nitrogens is 1. The molecule has 0 aromatic carbocycles. The zero-order valence-electron chi connectivity index (χ0n) is 13.3. The maximum atomic E-state index is 12.2. The van der Waals surface area contributed by atoms with Crippen molar-refractivity contribution < 1.29 is 9.53 Å². The molecule has 2 aromatic heterocycles. The highest BCUT2D eigenvalue weighted by Crippen LogP contribution is 2.25. The number of imidazole rings is 1. The Morgan fingerprint density at radius 2 is 2.22 bits per heavy atom. The normalized spacial score (nSPS) is 16.0. The minimum absolute atomic E-state index is 0.0767. The van der Waals surface area contributed by atoms with Gasteiger partial charge in [-0.15, -0.1) is 0 Å². The molecule has 1 aliphatic rings. The zero-order chi connectivity index (χ0) is 16.1. The van der Waals surface area contributed by atoms with Crippen molar-refractivity contribution in [3.63, 3.8) is 0 Å². The predicted octanol–water partition coefficient (Wildman–Crippen LogP) is 0.722. The highest BCUT2D eigenvalue weighted by atomic mass is 16.5. The highest BCUT2D eigenvalue weighted by molar-refractivity contribution is 5.83. The Kier molecular flexibility index (Phi) is 5.02. The molecule has 1 saturated heterocycles. The molecule has 0 saturated carbocycles. The molecule has 124 valence electrons. The van der Waals surface area contributed by atoms with Crippen LogP contribution in [0.4, 0.5) is 5.82 Å². The van der Waals surface area contributed by atoms with Gasteiger partial charge in [0.1, 0.15) is 11.8 Å². The lowest BCUT2D eigenvalue weighted by Crippen LogP contribution is -2.41. The predicted molar refractivity (Wildman–Crippen MR) is 86.1 cm³/mol. The molecule has 3 heterocycles. The molecule has 8 nitrogen and oxygen atoms in total. The van der Waals surface area contributed by atoms with E-state index in [-0.39, 0.29) is 11.8 Å².